The maximum Gasteiger partial charge on any atom is 0.397 e. The molecule has 0 aromatic rings. The molecule has 4 N–H and O–H groups in total. The summed E-state index contributed by atoms with van der Waals surface area (Å²) >= 11 is 0. The van der Waals surface area contributed by atoms with E-state index in [0.717, 1.165) is 122 Å². The lowest BCUT2D eigenvalue weighted by Gasteiger charge is -2.41. The van der Waals surface area contributed by atoms with Gasteiger partial charge in [0.15, 0.2) is 6.29 Å². The monoisotopic (exact) mass is 921 g/mol. The zero-order valence-corrected chi connectivity index (χ0v) is 39.9. The van der Waals surface area contributed by atoms with Gasteiger partial charge in [-0.2, -0.15) is 8.42 Å². The van der Waals surface area contributed by atoms with E-state index in [-0.39, 0.29) is 19.6 Å². The number of hydrogen-bond donors (Lipinski definition) is 4. The lowest BCUT2D eigenvalue weighted by Crippen LogP contribution is -2.60. The molecule has 366 valence electrons. The number of ether oxygens (including phenoxy) is 4. The number of rotatable bonds is 40. The van der Waals surface area contributed by atoms with Crippen LogP contribution in [0.5, 0.6) is 0 Å². The van der Waals surface area contributed by atoms with Crippen LogP contribution in [0.25, 0.3) is 0 Å². The molecule has 1 aliphatic heterocycles. The minimum Gasteiger partial charge on any atom is -0.457 e. The number of allylic oxidation sites excluding steroid dienone is 16. The minimum absolute atomic E-state index is 0.00959. The molecule has 6 unspecified atom stereocenters. The van der Waals surface area contributed by atoms with E-state index in [1.807, 2.05) is 0 Å². The first-order valence-electron chi connectivity index (χ1n) is 24.0. The molecule has 0 bridgehead atoms. The van der Waals surface area contributed by atoms with Crippen LogP contribution in [0.1, 0.15) is 155 Å². The first kappa shape index (κ1) is 59.0. The summed E-state index contributed by atoms with van der Waals surface area (Å²) < 4.78 is 59.1. The van der Waals surface area contributed by atoms with Crippen LogP contribution < -0.4 is 0 Å². The summed E-state index contributed by atoms with van der Waals surface area (Å²) in [6.45, 7) is 3.67. The van der Waals surface area contributed by atoms with Crippen LogP contribution >= 0.6 is 0 Å². The van der Waals surface area contributed by atoms with E-state index in [1.165, 1.54) is 6.42 Å². The number of hydrogen-bond acceptors (Lipinski definition) is 11. The average molecular weight is 921 g/mol. The van der Waals surface area contributed by atoms with Crippen molar-refractivity contribution < 1.29 is 56.2 Å². The Balaban J connectivity index is 2.41. The fourth-order valence-electron chi connectivity index (χ4n) is 6.65. The second-order valence-corrected chi connectivity index (χ2v) is 17.0. The van der Waals surface area contributed by atoms with Gasteiger partial charge in [-0.15, -0.1) is 0 Å². The van der Waals surface area contributed by atoms with Crippen molar-refractivity contribution in [2.75, 3.05) is 26.4 Å². The molecule has 12 nitrogen and oxygen atoms in total. The van der Waals surface area contributed by atoms with Gasteiger partial charge in [-0.3, -0.25) is 9.35 Å². The molecule has 0 aromatic heterocycles. The average Bonchev–Trinajstić information content (AvgIpc) is 3.27. The van der Waals surface area contributed by atoms with Crippen molar-refractivity contribution in [3.63, 3.8) is 0 Å². The van der Waals surface area contributed by atoms with E-state index in [2.05, 4.69) is 115 Å². The molecule has 1 aliphatic rings. The van der Waals surface area contributed by atoms with Crippen molar-refractivity contribution in [2.24, 2.45) is 0 Å². The quantitative estimate of drug-likeness (QED) is 0.0198. The molecule has 1 fully saturated rings. The smallest absolute Gasteiger partial charge is 0.397 e. The highest BCUT2D eigenvalue weighted by Crippen LogP contribution is 2.26. The van der Waals surface area contributed by atoms with Crippen LogP contribution in [0.2, 0.25) is 0 Å². The highest BCUT2D eigenvalue weighted by atomic mass is 32.3. The number of esters is 1. The summed E-state index contributed by atoms with van der Waals surface area (Å²) in [4.78, 5) is 12.9. The molecule has 0 saturated carbocycles. The largest absolute Gasteiger partial charge is 0.457 e. The molecule has 1 rings (SSSR count). The lowest BCUT2D eigenvalue weighted by molar-refractivity contribution is -0.301. The second kappa shape index (κ2) is 41.5. The number of aliphatic hydroxyl groups is 3. The van der Waals surface area contributed by atoms with Crippen LogP contribution in [-0.2, 0) is 38.3 Å². The predicted molar refractivity (Wildman–Crippen MR) is 257 cm³/mol. The Labute approximate surface area is 386 Å². The van der Waals surface area contributed by atoms with Crippen LogP contribution in [0.4, 0.5) is 0 Å². The van der Waals surface area contributed by atoms with E-state index >= 15 is 0 Å². The van der Waals surface area contributed by atoms with Crippen LogP contribution in [-0.4, -0.2) is 97.5 Å². The molecule has 1 saturated heterocycles. The van der Waals surface area contributed by atoms with Crippen molar-refractivity contribution in [2.45, 2.75) is 192 Å². The van der Waals surface area contributed by atoms with E-state index in [4.69, 9.17) is 18.9 Å². The Bertz CT molecular complexity index is 1480. The molecular weight excluding hydrogens is 837 g/mol. The Morgan fingerprint density at radius 1 is 0.594 bits per heavy atom. The fraction of sp³-hybridized carbons (Fsp3) is 0.667. The number of carbonyl (C=O) groups is 1. The van der Waals surface area contributed by atoms with Gasteiger partial charge in [-0.1, -0.05) is 156 Å². The summed E-state index contributed by atoms with van der Waals surface area (Å²) in [5, 5.41) is 30.7. The van der Waals surface area contributed by atoms with Gasteiger partial charge in [-0.05, 0) is 89.9 Å². The normalized spacial score (nSPS) is 20.6. The third-order valence-corrected chi connectivity index (χ3v) is 10.7. The fourth-order valence-corrected chi connectivity index (χ4v) is 7.16. The zero-order valence-electron chi connectivity index (χ0n) is 39.0. The molecule has 0 radical (unpaired) electrons. The first-order chi connectivity index (χ1) is 31.1. The highest BCUT2D eigenvalue weighted by Gasteiger charge is 2.48. The minimum atomic E-state index is -5.07. The zero-order chi connectivity index (χ0) is 46.8. The van der Waals surface area contributed by atoms with Crippen molar-refractivity contribution in [1.82, 2.24) is 0 Å². The molecule has 0 spiro atoms. The summed E-state index contributed by atoms with van der Waals surface area (Å²) in [6.07, 6.45) is 47.2. The van der Waals surface area contributed by atoms with Crippen molar-refractivity contribution >= 4 is 16.4 Å². The molecule has 6 atom stereocenters. The molecule has 1 heterocycles. The molecule has 0 aromatic carbocycles. The Morgan fingerprint density at radius 2 is 1.03 bits per heavy atom. The topological polar surface area (TPSA) is 178 Å². The summed E-state index contributed by atoms with van der Waals surface area (Å²) in [5.41, 5.74) is 0. The van der Waals surface area contributed by atoms with Crippen molar-refractivity contribution in [3.05, 3.63) is 97.2 Å². The van der Waals surface area contributed by atoms with E-state index in [9.17, 15) is 33.1 Å². The van der Waals surface area contributed by atoms with Gasteiger partial charge in [0, 0.05) is 13.0 Å². The Morgan fingerprint density at radius 3 is 1.50 bits per heavy atom. The highest BCUT2D eigenvalue weighted by molar-refractivity contribution is 7.80. The van der Waals surface area contributed by atoms with Crippen molar-refractivity contribution in [1.29, 1.82) is 0 Å². The molecule has 64 heavy (non-hydrogen) atoms. The Hall–Kier alpha value is -2.98. The van der Waals surface area contributed by atoms with E-state index in [0.29, 0.717) is 13.0 Å². The van der Waals surface area contributed by atoms with E-state index in [1.54, 1.807) is 0 Å². The lowest BCUT2D eigenvalue weighted by atomic mass is 9.99. The van der Waals surface area contributed by atoms with Gasteiger partial charge in [0.05, 0.1) is 19.8 Å². The van der Waals surface area contributed by atoms with Crippen LogP contribution in [0.15, 0.2) is 97.2 Å². The number of carbonyl (C=O) groups excluding carboxylic acids is 1. The maximum absolute atomic E-state index is 12.9. The summed E-state index contributed by atoms with van der Waals surface area (Å²) in [6, 6.07) is 0. The standard InChI is InChI=1S/C51H84O12S/c1-3-5-7-9-11-13-15-17-19-20-21-22-23-24-25-26-27-28-30-32-34-36-38-40-47(53)61-45(43-59-41-39-37-35-33-31-29-18-16-14-12-10-8-6-4-2)44-60-51-49(55)50(63-64(56,57)58)48(54)46(42-52)62-51/h5-8,11-14,17-19,21-22,24-25,29,45-46,48-52,54-55H,3-4,9-10,15-16,20,23,26-28,30-44H2,1-2H3,(H,56,57,58)/b7-5-,8-6-,13-11-,14-12-,19-17-,22-21-,25-24-,29-18-. The molecule has 0 aliphatic carbocycles. The SMILES string of the molecule is CC/C=C\C/C=C\C/C=C\C/C=C\C/C=C\CCCCCCCCCC(=O)OC(COCCCCCC/C=C\C/C=C\C/C=C\CC)COC1OC(CO)C(O)C(OS(=O)(=O)O)C1O. The van der Waals surface area contributed by atoms with Gasteiger partial charge in [0.1, 0.15) is 30.5 Å². The predicted octanol–water partition coefficient (Wildman–Crippen LogP) is 10.6. The Kier molecular flexibility index (Phi) is 38.2. The first-order valence-corrected chi connectivity index (χ1v) is 25.4. The van der Waals surface area contributed by atoms with Gasteiger partial charge in [0.25, 0.3) is 0 Å². The third kappa shape index (κ3) is 34.4. The number of unbranched alkanes of at least 4 members (excludes halogenated alkanes) is 11. The van der Waals surface area contributed by atoms with Crippen LogP contribution in [0.3, 0.4) is 0 Å². The van der Waals surface area contributed by atoms with Gasteiger partial charge >= 0.3 is 16.4 Å². The van der Waals surface area contributed by atoms with Gasteiger partial charge < -0.3 is 34.3 Å². The van der Waals surface area contributed by atoms with E-state index < -0.39 is 59.8 Å². The van der Waals surface area contributed by atoms with Gasteiger partial charge in [0.2, 0.25) is 0 Å². The second-order valence-electron chi connectivity index (χ2n) is 15.9. The summed E-state index contributed by atoms with van der Waals surface area (Å²) in [7, 11) is -5.07. The summed E-state index contributed by atoms with van der Waals surface area (Å²) in [5.74, 6) is -0.424. The maximum atomic E-state index is 12.9. The third-order valence-electron chi connectivity index (χ3n) is 10.2. The van der Waals surface area contributed by atoms with Gasteiger partial charge in [-0.25, -0.2) is 4.18 Å². The van der Waals surface area contributed by atoms with Crippen LogP contribution in [0, 0.1) is 0 Å². The molecule has 13 heteroatoms. The number of aliphatic hydroxyl groups excluding tert-OH is 3. The molecular formula is C51H84O12S. The van der Waals surface area contributed by atoms with Crippen molar-refractivity contribution in [3.8, 4) is 0 Å². The molecule has 0 amide bonds.